The Bertz CT molecular complexity index is 679. The number of aliphatic hydroxyl groups is 1. The van der Waals surface area contributed by atoms with Crippen LogP contribution in [0.1, 0.15) is 38.8 Å². The van der Waals surface area contributed by atoms with Crippen LogP contribution < -0.4 is 0 Å². The molecule has 2 rings (SSSR count). The second kappa shape index (κ2) is 6.04. The highest BCUT2D eigenvalue weighted by Gasteiger charge is 2.52. The fourth-order valence-electron chi connectivity index (χ4n) is 2.14. The molecule has 0 aromatic heterocycles. The van der Waals surface area contributed by atoms with Gasteiger partial charge in [0.2, 0.25) is 0 Å². The number of hydrogen-bond acceptors (Lipinski definition) is 4. The quantitative estimate of drug-likeness (QED) is 0.870. The number of benzene rings is 1. The van der Waals surface area contributed by atoms with Crippen molar-refractivity contribution in [1.82, 2.24) is 0 Å². The van der Waals surface area contributed by atoms with E-state index in [1.165, 1.54) is 6.08 Å². The van der Waals surface area contributed by atoms with E-state index in [4.69, 9.17) is 14.6 Å². The number of aliphatic hydroxyl groups excluding tert-OH is 1. The van der Waals surface area contributed by atoms with Crippen LogP contribution in [-0.4, -0.2) is 30.0 Å². The fourth-order valence-corrected chi connectivity index (χ4v) is 2.14. The van der Waals surface area contributed by atoms with E-state index in [0.717, 1.165) is 12.1 Å². The van der Waals surface area contributed by atoms with Crippen LogP contribution in [-0.2, 0) is 9.31 Å². The molecule has 1 saturated heterocycles. The van der Waals surface area contributed by atoms with Gasteiger partial charge in [-0.25, -0.2) is 8.78 Å². The minimum atomic E-state index is -0.858. The molecule has 0 saturated carbocycles. The van der Waals surface area contributed by atoms with Gasteiger partial charge in [0.1, 0.15) is 17.7 Å². The molecular weight excluding hydrogens is 303 g/mol. The Labute approximate surface area is 134 Å². The smallest absolute Gasteiger partial charge is 0.400 e. The Kier molecular flexibility index (Phi) is 4.63. The van der Waals surface area contributed by atoms with Crippen molar-refractivity contribution in [2.24, 2.45) is 0 Å². The first-order valence-electron chi connectivity index (χ1n) is 7.17. The van der Waals surface area contributed by atoms with Crippen molar-refractivity contribution in [3.05, 3.63) is 40.4 Å². The average Bonchev–Trinajstić information content (AvgIpc) is 2.67. The molecule has 23 heavy (non-hydrogen) atoms. The van der Waals surface area contributed by atoms with Crippen LogP contribution in [0.3, 0.4) is 0 Å². The molecular formula is C16H18BF2NO3. The summed E-state index contributed by atoms with van der Waals surface area (Å²) in [5.74, 6) is -1.59. The van der Waals surface area contributed by atoms with Crippen molar-refractivity contribution in [1.29, 1.82) is 5.26 Å². The van der Waals surface area contributed by atoms with Gasteiger partial charge < -0.3 is 14.4 Å². The molecule has 1 aromatic rings. The van der Waals surface area contributed by atoms with E-state index in [1.807, 2.05) is 27.7 Å². The van der Waals surface area contributed by atoms with E-state index in [2.05, 4.69) is 0 Å². The second-order valence-electron chi connectivity index (χ2n) is 6.43. The molecule has 0 spiro atoms. The summed E-state index contributed by atoms with van der Waals surface area (Å²) in [6.07, 6.45) is 1.28. The van der Waals surface area contributed by atoms with Gasteiger partial charge in [-0.2, -0.15) is 5.26 Å². The lowest BCUT2D eigenvalue weighted by molar-refractivity contribution is 0.00578. The van der Waals surface area contributed by atoms with Crippen molar-refractivity contribution >= 4 is 13.2 Å². The molecule has 0 unspecified atom stereocenters. The standard InChI is InChI=1S/C16H18BF2NO3/c1-15(2)16(3,4)23-17(22-15)12(9-21)5-10-6-14(19)11(8-20)7-13(10)18/h5-7,21H,9H2,1-4H3. The Morgan fingerprint density at radius 1 is 1.22 bits per heavy atom. The fraction of sp³-hybridized carbons (Fsp3) is 0.438. The summed E-state index contributed by atoms with van der Waals surface area (Å²) in [5, 5.41) is 18.2. The molecule has 0 bridgehead atoms. The summed E-state index contributed by atoms with van der Waals surface area (Å²) in [6.45, 7) is 6.97. The molecule has 0 amide bonds. The molecule has 1 heterocycles. The van der Waals surface area contributed by atoms with Crippen molar-refractivity contribution in [3.63, 3.8) is 0 Å². The lowest BCUT2D eigenvalue weighted by Gasteiger charge is -2.32. The lowest BCUT2D eigenvalue weighted by atomic mass is 9.77. The minimum Gasteiger partial charge on any atom is -0.400 e. The molecule has 0 radical (unpaired) electrons. The van der Waals surface area contributed by atoms with Crippen LogP contribution in [0, 0.1) is 23.0 Å². The summed E-state index contributed by atoms with van der Waals surface area (Å²) >= 11 is 0. The second-order valence-corrected chi connectivity index (χ2v) is 6.43. The summed E-state index contributed by atoms with van der Waals surface area (Å²) < 4.78 is 39.2. The predicted molar refractivity (Wildman–Crippen MR) is 82.2 cm³/mol. The first-order chi connectivity index (χ1) is 10.6. The topological polar surface area (TPSA) is 62.5 Å². The highest BCUT2D eigenvalue weighted by atomic mass is 19.1. The third-order valence-corrected chi connectivity index (χ3v) is 4.29. The van der Waals surface area contributed by atoms with Crippen LogP contribution in [0.5, 0.6) is 0 Å². The predicted octanol–water partition coefficient (Wildman–Crippen LogP) is 2.84. The van der Waals surface area contributed by atoms with Gasteiger partial charge in [0.25, 0.3) is 0 Å². The molecule has 4 nitrogen and oxygen atoms in total. The van der Waals surface area contributed by atoms with Gasteiger partial charge in [0.15, 0.2) is 0 Å². The first kappa shape index (κ1) is 17.6. The van der Waals surface area contributed by atoms with E-state index in [1.54, 1.807) is 6.07 Å². The van der Waals surface area contributed by atoms with Crippen LogP contribution in [0.15, 0.2) is 17.6 Å². The van der Waals surface area contributed by atoms with E-state index in [9.17, 15) is 13.9 Å². The number of nitrogens with zero attached hydrogens (tertiary/aromatic N) is 1. The summed E-state index contributed by atoms with van der Waals surface area (Å²) in [7, 11) is -0.858. The van der Waals surface area contributed by atoms with Crippen molar-refractivity contribution in [2.45, 2.75) is 38.9 Å². The summed E-state index contributed by atoms with van der Waals surface area (Å²) in [5.41, 5.74) is -1.41. The minimum absolute atomic E-state index is 0.0831. The van der Waals surface area contributed by atoms with Gasteiger partial charge >= 0.3 is 7.12 Å². The van der Waals surface area contributed by atoms with Gasteiger partial charge in [-0.15, -0.1) is 0 Å². The summed E-state index contributed by atoms with van der Waals surface area (Å²) in [4.78, 5) is 0. The zero-order valence-electron chi connectivity index (χ0n) is 13.5. The molecule has 122 valence electrons. The number of halogens is 2. The average molecular weight is 321 g/mol. The molecule has 0 atom stereocenters. The van der Waals surface area contributed by atoms with Crippen molar-refractivity contribution in [2.75, 3.05) is 6.61 Å². The molecule has 7 heteroatoms. The third-order valence-electron chi connectivity index (χ3n) is 4.29. The highest BCUT2D eigenvalue weighted by molar-refractivity contribution is 6.55. The van der Waals surface area contributed by atoms with Crippen LogP contribution in [0.4, 0.5) is 8.78 Å². The highest BCUT2D eigenvalue weighted by Crippen LogP contribution is 2.38. The van der Waals surface area contributed by atoms with Gasteiger partial charge in [-0.05, 0) is 45.3 Å². The molecule has 1 aliphatic rings. The van der Waals surface area contributed by atoms with Gasteiger partial charge in [0, 0.05) is 5.56 Å². The zero-order chi connectivity index (χ0) is 17.4. The normalized spacial score (nSPS) is 19.7. The van der Waals surface area contributed by atoms with Crippen LogP contribution >= 0.6 is 0 Å². The lowest BCUT2D eigenvalue weighted by Crippen LogP contribution is -2.41. The maximum absolute atomic E-state index is 14.0. The summed E-state index contributed by atoms with van der Waals surface area (Å²) in [6, 6.07) is 3.30. The number of rotatable bonds is 3. The van der Waals surface area contributed by atoms with Gasteiger partial charge in [-0.3, -0.25) is 0 Å². The van der Waals surface area contributed by atoms with Crippen LogP contribution in [0.25, 0.3) is 6.08 Å². The maximum Gasteiger partial charge on any atom is 0.492 e. The molecule has 1 fully saturated rings. The van der Waals surface area contributed by atoms with E-state index in [-0.39, 0.29) is 16.6 Å². The third kappa shape index (κ3) is 3.30. The first-order valence-corrected chi connectivity index (χ1v) is 7.17. The largest absolute Gasteiger partial charge is 0.492 e. The number of hydrogen-bond donors (Lipinski definition) is 1. The SMILES string of the molecule is CC1(C)OB(C(=Cc2cc(F)c(C#N)cc2F)CO)OC1(C)C. The monoisotopic (exact) mass is 321 g/mol. The Morgan fingerprint density at radius 2 is 1.78 bits per heavy atom. The molecule has 1 N–H and O–H groups in total. The molecule has 1 aromatic carbocycles. The maximum atomic E-state index is 14.0. The van der Waals surface area contributed by atoms with Crippen molar-refractivity contribution < 1.29 is 23.2 Å². The van der Waals surface area contributed by atoms with E-state index >= 15 is 0 Å². The Balaban J connectivity index is 2.38. The number of nitriles is 1. The Hall–Kier alpha value is -1.75. The Morgan fingerprint density at radius 3 is 2.26 bits per heavy atom. The van der Waals surface area contributed by atoms with Gasteiger partial charge in [0.05, 0.1) is 23.4 Å². The molecule has 0 aliphatic carbocycles. The van der Waals surface area contributed by atoms with E-state index < -0.39 is 36.6 Å². The van der Waals surface area contributed by atoms with Gasteiger partial charge in [-0.1, -0.05) is 6.08 Å². The zero-order valence-corrected chi connectivity index (χ0v) is 13.5. The molecule has 1 aliphatic heterocycles. The van der Waals surface area contributed by atoms with E-state index in [0.29, 0.717) is 0 Å². The van der Waals surface area contributed by atoms with Crippen molar-refractivity contribution in [3.8, 4) is 6.07 Å². The van der Waals surface area contributed by atoms with Crippen LogP contribution in [0.2, 0.25) is 0 Å².